The third-order valence-corrected chi connectivity index (χ3v) is 5.63. The molecule has 0 aliphatic heterocycles. The van der Waals surface area contributed by atoms with E-state index in [4.69, 9.17) is 13.9 Å². The van der Waals surface area contributed by atoms with Crippen LogP contribution < -0.4 is 20.9 Å². The first kappa shape index (κ1) is 29.8. The lowest BCUT2D eigenvalue weighted by Gasteiger charge is -2.20. The first-order chi connectivity index (χ1) is 19.9. The number of ether oxygens (including phenoxy) is 2. The maximum absolute atomic E-state index is 15.0. The standard InChI is InChI=1S/C28H28F2N6O6/c1-28(2,3)42-27(39)35-20-13-32-19(23(30)24(20)40-4)12-34-25(37)21-14-33-22(41-21)10-16-7-8-17(31-11-16)15-36-9-5-6-18(29)26(36)38/h5-9,11,13-14H,10,12,15H2,1-4H3,(H,34,37)(H,35,39). The SMILES string of the molecule is COc1c(NC(=O)OC(C)(C)C)cnc(CNC(=O)c2cnc(Cc3ccc(Cn4cccc(F)c4=O)nc3)o2)c1F. The van der Waals surface area contributed by atoms with Crippen molar-refractivity contribution < 1.29 is 32.3 Å². The number of hydrogen-bond donors (Lipinski definition) is 2. The van der Waals surface area contributed by atoms with E-state index in [0.29, 0.717) is 5.69 Å². The zero-order valence-electron chi connectivity index (χ0n) is 23.2. The molecule has 0 aliphatic rings. The highest BCUT2D eigenvalue weighted by Gasteiger charge is 2.22. The van der Waals surface area contributed by atoms with Gasteiger partial charge in [-0.1, -0.05) is 6.07 Å². The number of halogens is 2. The fourth-order valence-electron chi connectivity index (χ4n) is 3.71. The van der Waals surface area contributed by atoms with Crippen molar-refractivity contribution in [2.75, 3.05) is 12.4 Å². The second-order valence-electron chi connectivity index (χ2n) is 10.0. The minimum atomic E-state index is -0.872. The molecule has 0 spiro atoms. The molecule has 0 saturated carbocycles. The largest absolute Gasteiger partial charge is 0.491 e. The third-order valence-electron chi connectivity index (χ3n) is 5.63. The number of hydrogen-bond acceptors (Lipinski definition) is 9. The predicted octanol–water partition coefficient (Wildman–Crippen LogP) is 3.83. The van der Waals surface area contributed by atoms with Gasteiger partial charge in [0.25, 0.3) is 11.5 Å². The summed E-state index contributed by atoms with van der Waals surface area (Å²) in [4.78, 5) is 48.9. The molecule has 0 bridgehead atoms. The molecule has 0 unspecified atom stereocenters. The Morgan fingerprint density at radius 2 is 1.86 bits per heavy atom. The van der Waals surface area contributed by atoms with Crippen LogP contribution in [-0.4, -0.2) is 44.2 Å². The summed E-state index contributed by atoms with van der Waals surface area (Å²) in [5.41, 5.74) is -0.406. The van der Waals surface area contributed by atoms with Gasteiger partial charge in [-0.25, -0.2) is 18.6 Å². The van der Waals surface area contributed by atoms with Gasteiger partial charge < -0.3 is 23.8 Å². The zero-order valence-corrected chi connectivity index (χ0v) is 23.2. The van der Waals surface area contributed by atoms with Crippen molar-refractivity contribution in [3.8, 4) is 5.75 Å². The molecule has 2 amide bonds. The number of aromatic nitrogens is 4. The number of nitrogens with zero attached hydrogens (tertiary/aromatic N) is 4. The Balaban J connectivity index is 1.34. The van der Waals surface area contributed by atoms with E-state index >= 15 is 4.39 Å². The van der Waals surface area contributed by atoms with Gasteiger partial charge in [0.05, 0.1) is 50.4 Å². The van der Waals surface area contributed by atoms with E-state index in [-0.39, 0.29) is 48.3 Å². The van der Waals surface area contributed by atoms with E-state index in [2.05, 4.69) is 25.6 Å². The number of oxazole rings is 1. The second-order valence-corrected chi connectivity index (χ2v) is 10.0. The quantitative estimate of drug-likeness (QED) is 0.300. The van der Waals surface area contributed by atoms with Crippen LogP contribution in [0.1, 0.15) is 54.2 Å². The molecular weight excluding hydrogens is 554 g/mol. The van der Waals surface area contributed by atoms with Crippen LogP contribution in [0.2, 0.25) is 0 Å². The lowest BCUT2D eigenvalue weighted by Crippen LogP contribution is -2.27. The Hall–Kier alpha value is -5.14. The van der Waals surface area contributed by atoms with Crippen molar-refractivity contribution in [2.24, 2.45) is 0 Å². The molecule has 14 heteroatoms. The molecule has 42 heavy (non-hydrogen) atoms. The average Bonchev–Trinajstić information content (AvgIpc) is 3.39. The van der Waals surface area contributed by atoms with E-state index in [1.165, 1.54) is 36.3 Å². The van der Waals surface area contributed by atoms with Crippen molar-refractivity contribution in [3.05, 3.63) is 99.6 Å². The highest BCUT2D eigenvalue weighted by molar-refractivity contribution is 5.91. The van der Waals surface area contributed by atoms with Gasteiger partial charge in [-0.15, -0.1) is 0 Å². The molecule has 4 rings (SSSR count). The monoisotopic (exact) mass is 582 g/mol. The summed E-state index contributed by atoms with van der Waals surface area (Å²) in [6.45, 7) is 4.85. The minimum absolute atomic E-state index is 0.0374. The second kappa shape index (κ2) is 12.6. The molecule has 4 aromatic rings. The van der Waals surface area contributed by atoms with E-state index in [0.717, 1.165) is 11.6 Å². The molecule has 4 aromatic heterocycles. The van der Waals surface area contributed by atoms with Crippen molar-refractivity contribution >= 4 is 17.7 Å². The van der Waals surface area contributed by atoms with E-state index in [1.54, 1.807) is 39.1 Å². The molecule has 220 valence electrons. The molecule has 0 fully saturated rings. The van der Waals surface area contributed by atoms with Crippen molar-refractivity contribution in [2.45, 2.75) is 45.9 Å². The molecule has 2 N–H and O–H groups in total. The number of nitrogens with one attached hydrogen (secondary N) is 2. The Morgan fingerprint density at radius 3 is 2.55 bits per heavy atom. The summed E-state index contributed by atoms with van der Waals surface area (Å²) in [6, 6.07) is 5.97. The molecule has 0 aromatic carbocycles. The van der Waals surface area contributed by atoms with E-state index < -0.39 is 34.8 Å². The average molecular weight is 583 g/mol. The van der Waals surface area contributed by atoms with Gasteiger partial charge in [0, 0.05) is 12.4 Å². The molecule has 0 atom stereocenters. The molecule has 0 aliphatic carbocycles. The van der Waals surface area contributed by atoms with Crippen LogP contribution in [-0.2, 0) is 24.2 Å². The van der Waals surface area contributed by atoms with Gasteiger partial charge in [-0.2, -0.15) is 0 Å². The van der Waals surface area contributed by atoms with Gasteiger partial charge in [0.2, 0.25) is 5.76 Å². The number of amides is 2. The zero-order chi connectivity index (χ0) is 30.4. The Labute approximate surface area is 238 Å². The number of pyridine rings is 3. The number of anilines is 1. The lowest BCUT2D eigenvalue weighted by atomic mass is 10.2. The van der Waals surface area contributed by atoms with E-state index in [9.17, 15) is 18.8 Å². The topological polar surface area (TPSA) is 150 Å². The molecule has 0 radical (unpaired) electrons. The van der Waals surface area contributed by atoms with Crippen molar-refractivity contribution in [1.29, 1.82) is 0 Å². The summed E-state index contributed by atoms with van der Waals surface area (Å²) in [6.07, 6.45) is 4.88. The molecule has 12 nitrogen and oxygen atoms in total. The van der Waals surface area contributed by atoms with Gasteiger partial charge in [0.1, 0.15) is 11.3 Å². The first-order valence-electron chi connectivity index (χ1n) is 12.7. The summed E-state index contributed by atoms with van der Waals surface area (Å²) in [7, 11) is 1.23. The van der Waals surface area contributed by atoms with Crippen LogP contribution in [0, 0.1) is 11.6 Å². The van der Waals surface area contributed by atoms with E-state index in [1.807, 2.05) is 0 Å². The highest BCUT2D eigenvalue weighted by Crippen LogP contribution is 2.29. The fraction of sp³-hybridized carbons (Fsp3) is 0.286. The normalized spacial score (nSPS) is 11.2. The molecule has 0 saturated heterocycles. The number of rotatable bonds is 9. The van der Waals surface area contributed by atoms with Crippen LogP contribution in [0.15, 0.2) is 58.3 Å². The Bertz CT molecular complexity index is 1650. The highest BCUT2D eigenvalue weighted by atomic mass is 19.1. The van der Waals surface area contributed by atoms with Crippen LogP contribution in [0.25, 0.3) is 0 Å². The van der Waals surface area contributed by atoms with Crippen LogP contribution in [0.3, 0.4) is 0 Å². The smallest absolute Gasteiger partial charge is 0.412 e. The Kier molecular flexibility index (Phi) is 8.93. The lowest BCUT2D eigenvalue weighted by molar-refractivity contribution is 0.0635. The van der Waals surface area contributed by atoms with Gasteiger partial charge in [-0.05, 0) is 44.5 Å². The van der Waals surface area contributed by atoms with Crippen LogP contribution in [0.4, 0.5) is 19.3 Å². The fourth-order valence-corrected chi connectivity index (χ4v) is 3.71. The Morgan fingerprint density at radius 1 is 1.07 bits per heavy atom. The van der Waals surface area contributed by atoms with Gasteiger partial charge >= 0.3 is 6.09 Å². The van der Waals surface area contributed by atoms with Gasteiger partial charge in [-0.3, -0.25) is 24.9 Å². The predicted molar refractivity (Wildman–Crippen MR) is 145 cm³/mol. The minimum Gasteiger partial charge on any atom is -0.491 e. The molecular formula is C28H28F2N6O6. The van der Waals surface area contributed by atoms with Gasteiger partial charge in [0.15, 0.2) is 23.3 Å². The summed E-state index contributed by atoms with van der Waals surface area (Å²) < 4.78 is 45.5. The number of carbonyl (C=O) groups excluding carboxylic acids is 2. The van der Waals surface area contributed by atoms with Crippen molar-refractivity contribution in [3.63, 3.8) is 0 Å². The number of methoxy groups -OCH3 is 1. The first-order valence-corrected chi connectivity index (χ1v) is 12.7. The molecule has 4 heterocycles. The summed E-state index contributed by atoms with van der Waals surface area (Å²) >= 11 is 0. The summed E-state index contributed by atoms with van der Waals surface area (Å²) in [5, 5.41) is 4.89. The van der Waals surface area contributed by atoms with Crippen LogP contribution in [0.5, 0.6) is 5.75 Å². The third kappa shape index (κ3) is 7.53. The number of carbonyl (C=O) groups is 2. The van der Waals surface area contributed by atoms with Crippen LogP contribution >= 0.6 is 0 Å². The maximum atomic E-state index is 15.0. The maximum Gasteiger partial charge on any atom is 0.412 e. The summed E-state index contributed by atoms with van der Waals surface area (Å²) in [5.74, 6) is -2.51. The van der Waals surface area contributed by atoms with Crippen molar-refractivity contribution in [1.82, 2.24) is 24.8 Å².